The van der Waals surface area contributed by atoms with Crippen LogP contribution in [0.15, 0.2) is 36.7 Å². The van der Waals surface area contributed by atoms with Crippen LogP contribution in [0.1, 0.15) is 15.9 Å². The molecule has 192 valence electrons. The van der Waals surface area contributed by atoms with E-state index >= 15 is 0 Å². The van der Waals surface area contributed by atoms with E-state index in [1.54, 1.807) is 23.7 Å². The first-order chi connectivity index (χ1) is 17.9. The minimum Gasteiger partial charge on any atom is -0.378 e. The summed E-state index contributed by atoms with van der Waals surface area (Å²) in [6, 6.07) is 7.74. The van der Waals surface area contributed by atoms with Crippen LogP contribution in [0.5, 0.6) is 0 Å². The molecule has 1 amide bonds. The summed E-state index contributed by atoms with van der Waals surface area (Å²) < 4.78 is 6.59. The molecule has 3 aromatic heterocycles. The van der Waals surface area contributed by atoms with Crippen molar-refractivity contribution in [1.82, 2.24) is 30.2 Å². The molecule has 0 atom stereocenters. The lowest BCUT2D eigenvalue weighted by atomic mass is 10.1. The largest absolute Gasteiger partial charge is 0.378 e. The molecule has 1 saturated heterocycles. The minimum absolute atomic E-state index is 0.0816. The van der Waals surface area contributed by atoms with Crippen LogP contribution in [0.25, 0.3) is 32.0 Å². The molecule has 4 aromatic rings. The van der Waals surface area contributed by atoms with Gasteiger partial charge in [0.1, 0.15) is 0 Å². The predicted octanol–water partition coefficient (Wildman–Crippen LogP) is 2.83. The molecule has 1 aromatic carbocycles. The van der Waals surface area contributed by atoms with Gasteiger partial charge in [-0.2, -0.15) is 0 Å². The number of carbonyl (C=O) groups excluding carboxylic acids is 1. The molecule has 37 heavy (non-hydrogen) atoms. The number of aromatic nitrogens is 4. The summed E-state index contributed by atoms with van der Waals surface area (Å²) in [5.74, 6) is 1.55. The highest BCUT2D eigenvalue weighted by molar-refractivity contribution is 7.23. The second kappa shape index (κ2) is 10.8. The Morgan fingerprint density at radius 3 is 2.65 bits per heavy atom. The van der Waals surface area contributed by atoms with Crippen molar-refractivity contribution in [2.45, 2.75) is 6.92 Å². The summed E-state index contributed by atoms with van der Waals surface area (Å²) in [7, 11) is 3.97. The Hall–Kier alpha value is -3.67. The Balaban J connectivity index is 1.57. The molecule has 4 heterocycles. The maximum atomic E-state index is 12.8. The first-order valence-electron chi connectivity index (χ1n) is 12.2. The van der Waals surface area contributed by atoms with E-state index in [4.69, 9.17) is 20.4 Å². The molecule has 1 fully saturated rings. The molecule has 11 heteroatoms. The van der Waals surface area contributed by atoms with E-state index in [2.05, 4.69) is 27.1 Å². The number of fused-ring (bicyclic) bond motifs is 1. The second-order valence-corrected chi connectivity index (χ2v) is 10.2. The van der Waals surface area contributed by atoms with Gasteiger partial charge in [0.15, 0.2) is 11.6 Å². The van der Waals surface area contributed by atoms with Gasteiger partial charge in [-0.1, -0.05) is 12.1 Å². The van der Waals surface area contributed by atoms with E-state index in [9.17, 15) is 4.79 Å². The average Bonchev–Trinajstić information content (AvgIpc) is 3.25. The number of aryl methyl sites for hydroxylation is 1. The number of hydrogen-bond acceptors (Lipinski definition) is 10. The Kier molecular flexibility index (Phi) is 7.26. The fourth-order valence-corrected chi connectivity index (χ4v) is 5.48. The molecule has 3 N–H and O–H groups in total. The zero-order chi connectivity index (χ0) is 25.9. The quantitative estimate of drug-likeness (QED) is 0.380. The molecule has 1 aliphatic heterocycles. The van der Waals surface area contributed by atoms with Crippen molar-refractivity contribution in [3.8, 4) is 21.8 Å². The van der Waals surface area contributed by atoms with Gasteiger partial charge in [0.25, 0.3) is 5.91 Å². The van der Waals surface area contributed by atoms with Crippen molar-refractivity contribution in [3.63, 3.8) is 0 Å². The molecule has 0 spiro atoms. The number of ether oxygens (including phenoxy) is 1. The van der Waals surface area contributed by atoms with E-state index in [1.165, 1.54) is 0 Å². The van der Waals surface area contributed by atoms with Gasteiger partial charge in [-0.15, -0.1) is 11.3 Å². The molecule has 10 nitrogen and oxygen atoms in total. The van der Waals surface area contributed by atoms with Gasteiger partial charge in [0.2, 0.25) is 5.95 Å². The van der Waals surface area contributed by atoms with Gasteiger partial charge >= 0.3 is 0 Å². The molecule has 0 radical (unpaired) electrons. The number of likely N-dealkylation sites (N-methyl/N-ethyl adjacent to an activating group) is 1. The number of nitrogen functional groups attached to an aromatic ring is 1. The number of amides is 1. The van der Waals surface area contributed by atoms with Crippen LogP contribution in [0.4, 0.5) is 11.8 Å². The fraction of sp³-hybridized carbons (Fsp3) is 0.346. The zero-order valence-corrected chi connectivity index (χ0v) is 22.0. The molecule has 0 saturated carbocycles. The van der Waals surface area contributed by atoms with E-state index in [-0.39, 0.29) is 11.9 Å². The van der Waals surface area contributed by atoms with Crippen molar-refractivity contribution >= 4 is 39.2 Å². The van der Waals surface area contributed by atoms with Crippen LogP contribution in [0.3, 0.4) is 0 Å². The Bertz CT molecular complexity index is 1410. The maximum Gasteiger partial charge on any atom is 0.251 e. The van der Waals surface area contributed by atoms with Crippen LogP contribution in [-0.4, -0.2) is 84.2 Å². The number of thiophene rings is 1. The summed E-state index contributed by atoms with van der Waals surface area (Å²) in [5.41, 5.74) is 9.93. The Morgan fingerprint density at radius 1 is 1.16 bits per heavy atom. The third-order valence-corrected chi connectivity index (χ3v) is 7.55. The minimum atomic E-state index is -0.0816. The summed E-state index contributed by atoms with van der Waals surface area (Å²) in [6.45, 7) is 6.23. The van der Waals surface area contributed by atoms with Crippen molar-refractivity contribution in [3.05, 3.63) is 47.8 Å². The number of nitrogens with zero attached hydrogens (tertiary/aromatic N) is 6. The monoisotopic (exact) mass is 518 g/mol. The van der Waals surface area contributed by atoms with Gasteiger partial charge in [0.05, 0.1) is 29.0 Å². The number of rotatable bonds is 7. The highest BCUT2D eigenvalue weighted by atomic mass is 32.1. The smallest absolute Gasteiger partial charge is 0.251 e. The van der Waals surface area contributed by atoms with E-state index in [0.717, 1.165) is 51.7 Å². The van der Waals surface area contributed by atoms with Crippen LogP contribution in [0, 0.1) is 6.92 Å². The standard InChI is InChI=1S/C26H30N8O2S/c1-16-20-22(37-21(16)17-5-4-6-18(13-17)25(35)28-7-8-33(2)3)24(34-9-11-36-12-10-34)32-23(31-20)19-14-29-26(27)30-15-19/h4-6,13-15H,7-12H2,1-3H3,(H,28,35)(H2,27,29,30). The van der Waals surface area contributed by atoms with Crippen LogP contribution in [0.2, 0.25) is 0 Å². The molecule has 5 rings (SSSR count). The lowest BCUT2D eigenvalue weighted by molar-refractivity contribution is 0.0951. The molecular weight excluding hydrogens is 488 g/mol. The predicted molar refractivity (Wildman–Crippen MR) is 147 cm³/mol. The number of benzene rings is 1. The van der Waals surface area contributed by atoms with E-state index in [0.29, 0.717) is 36.7 Å². The Labute approximate surface area is 219 Å². The number of morpholine rings is 1. The van der Waals surface area contributed by atoms with E-state index < -0.39 is 0 Å². The van der Waals surface area contributed by atoms with Crippen molar-refractivity contribution in [2.24, 2.45) is 0 Å². The van der Waals surface area contributed by atoms with Gasteiger partial charge < -0.3 is 25.6 Å². The van der Waals surface area contributed by atoms with Gasteiger partial charge in [-0.3, -0.25) is 4.79 Å². The normalized spacial score (nSPS) is 13.9. The summed E-state index contributed by atoms with van der Waals surface area (Å²) in [6.07, 6.45) is 3.29. The van der Waals surface area contributed by atoms with Gasteiger partial charge in [-0.05, 0) is 44.3 Å². The number of nitrogens with one attached hydrogen (secondary N) is 1. The van der Waals surface area contributed by atoms with Gasteiger partial charge in [0, 0.05) is 49.0 Å². The van der Waals surface area contributed by atoms with E-state index in [1.807, 2.05) is 43.3 Å². The summed E-state index contributed by atoms with van der Waals surface area (Å²) in [4.78, 5) is 36.2. The fourth-order valence-electron chi connectivity index (χ4n) is 4.22. The van der Waals surface area contributed by atoms with Crippen molar-refractivity contribution in [1.29, 1.82) is 0 Å². The van der Waals surface area contributed by atoms with Crippen LogP contribution >= 0.6 is 11.3 Å². The highest BCUT2D eigenvalue weighted by Crippen LogP contribution is 2.42. The first kappa shape index (κ1) is 25.0. The first-order valence-corrected chi connectivity index (χ1v) is 13.0. The number of hydrogen-bond donors (Lipinski definition) is 2. The molecule has 1 aliphatic rings. The van der Waals surface area contributed by atoms with Crippen LogP contribution < -0.4 is 16.0 Å². The number of carbonyl (C=O) groups is 1. The zero-order valence-electron chi connectivity index (χ0n) is 21.2. The average molecular weight is 519 g/mol. The number of nitrogens with two attached hydrogens (primary N) is 1. The van der Waals surface area contributed by atoms with Gasteiger partial charge in [-0.25, -0.2) is 19.9 Å². The lowest BCUT2D eigenvalue weighted by Gasteiger charge is -2.28. The topological polar surface area (TPSA) is 122 Å². The second-order valence-electron chi connectivity index (χ2n) is 9.17. The molecule has 0 aliphatic carbocycles. The third kappa shape index (κ3) is 5.38. The van der Waals surface area contributed by atoms with Crippen molar-refractivity contribution in [2.75, 3.05) is 64.1 Å². The SMILES string of the molecule is Cc1c(-c2cccc(C(=O)NCCN(C)C)c2)sc2c(N3CCOCC3)nc(-c3cnc(N)nc3)nc12. The molecule has 0 bridgehead atoms. The molecular formula is C26H30N8O2S. The number of anilines is 2. The summed E-state index contributed by atoms with van der Waals surface area (Å²) in [5, 5.41) is 2.99. The third-order valence-electron chi connectivity index (χ3n) is 6.22. The Morgan fingerprint density at radius 2 is 1.92 bits per heavy atom. The highest BCUT2D eigenvalue weighted by Gasteiger charge is 2.23. The van der Waals surface area contributed by atoms with Crippen LogP contribution in [-0.2, 0) is 4.74 Å². The maximum absolute atomic E-state index is 12.8. The lowest BCUT2D eigenvalue weighted by Crippen LogP contribution is -2.36. The molecule has 0 unspecified atom stereocenters. The summed E-state index contributed by atoms with van der Waals surface area (Å²) >= 11 is 1.65. The van der Waals surface area contributed by atoms with Crippen molar-refractivity contribution < 1.29 is 9.53 Å².